The first-order valence-electron chi connectivity index (χ1n) is 10.7. The number of aryl methyl sites for hydroxylation is 1. The van der Waals surface area contributed by atoms with Gasteiger partial charge >= 0.3 is 0 Å². The molecule has 4 heterocycles. The van der Waals surface area contributed by atoms with Crippen LogP contribution in [0.5, 0.6) is 0 Å². The topological polar surface area (TPSA) is 105 Å². The third-order valence-corrected chi connectivity index (χ3v) is 10.00. The van der Waals surface area contributed by atoms with E-state index in [4.69, 9.17) is 4.52 Å². The van der Waals surface area contributed by atoms with Crippen LogP contribution >= 0.6 is 22.7 Å². The molecule has 0 bridgehead atoms. The van der Waals surface area contributed by atoms with E-state index in [2.05, 4.69) is 15.5 Å². The van der Waals surface area contributed by atoms with Crippen molar-refractivity contribution in [2.75, 3.05) is 13.1 Å². The number of hydrogen-bond acceptors (Lipinski definition) is 8. The zero-order valence-corrected chi connectivity index (χ0v) is 20.1. The molecule has 0 radical (unpaired) electrons. The fraction of sp³-hybridized carbons (Fsp3) is 0.476. The Balaban J connectivity index is 1.23. The van der Waals surface area contributed by atoms with E-state index in [0.29, 0.717) is 59.9 Å². The molecule has 1 N–H and O–H groups in total. The number of sulfonamides is 1. The average Bonchev–Trinajstić information content (AvgIpc) is 3.18. The van der Waals surface area contributed by atoms with Crippen molar-refractivity contribution >= 4 is 38.6 Å². The molecule has 11 heteroatoms. The monoisotopic (exact) mass is 492 g/mol. The van der Waals surface area contributed by atoms with Crippen molar-refractivity contribution in [2.24, 2.45) is 5.92 Å². The van der Waals surface area contributed by atoms with Gasteiger partial charge in [0.2, 0.25) is 27.6 Å². The maximum atomic E-state index is 13.3. The first kappa shape index (κ1) is 21.7. The molecule has 0 spiro atoms. The molecule has 32 heavy (non-hydrogen) atoms. The van der Waals surface area contributed by atoms with Crippen LogP contribution in [-0.2, 0) is 21.4 Å². The van der Waals surface area contributed by atoms with E-state index in [1.54, 1.807) is 24.3 Å². The Morgan fingerprint density at radius 3 is 2.75 bits per heavy atom. The van der Waals surface area contributed by atoms with Crippen molar-refractivity contribution in [3.8, 4) is 10.7 Å². The van der Waals surface area contributed by atoms with E-state index in [-0.39, 0.29) is 16.7 Å². The molecule has 1 saturated carbocycles. The van der Waals surface area contributed by atoms with Gasteiger partial charge in [0.05, 0.1) is 16.3 Å². The van der Waals surface area contributed by atoms with Gasteiger partial charge in [-0.1, -0.05) is 11.2 Å². The van der Waals surface area contributed by atoms with Crippen molar-refractivity contribution in [1.82, 2.24) is 19.8 Å². The second-order valence-corrected chi connectivity index (χ2v) is 12.4. The minimum absolute atomic E-state index is 0.00646. The summed E-state index contributed by atoms with van der Waals surface area (Å²) in [5.74, 6) is 1.26. The lowest BCUT2D eigenvalue weighted by Gasteiger charge is -2.30. The maximum Gasteiger partial charge on any atom is 0.244 e. The molecule has 2 aliphatic rings. The Morgan fingerprint density at radius 1 is 1.28 bits per heavy atom. The minimum Gasteiger partial charge on any atom is -0.351 e. The zero-order valence-electron chi connectivity index (χ0n) is 17.6. The maximum absolute atomic E-state index is 13.3. The van der Waals surface area contributed by atoms with E-state index >= 15 is 0 Å². The van der Waals surface area contributed by atoms with Crippen LogP contribution in [0.3, 0.4) is 0 Å². The van der Waals surface area contributed by atoms with Crippen LogP contribution in [0.4, 0.5) is 0 Å². The summed E-state index contributed by atoms with van der Waals surface area (Å²) in [5, 5.41) is 8.98. The van der Waals surface area contributed by atoms with Crippen molar-refractivity contribution in [2.45, 2.75) is 50.0 Å². The molecule has 170 valence electrons. The van der Waals surface area contributed by atoms with Crippen LogP contribution in [0.1, 0.15) is 47.2 Å². The summed E-state index contributed by atoms with van der Waals surface area (Å²) in [6, 6.07) is 5.59. The molecule has 0 aromatic carbocycles. The van der Waals surface area contributed by atoms with Crippen LogP contribution in [0.25, 0.3) is 10.7 Å². The first-order valence-corrected chi connectivity index (χ1v) is 13.8. The quantitative estimate of drug-likeness (QED) is 0.538. The lowest BCUT2D eigenvalue weighted by atomic mass is 9.97. The standard InChI is InChI=1S/C21H24N4O4S3/c1-13-18(11-17(31-13)19-23-21(29-24-19)15-4-5-15)32(27,28)25-8-6-14(7-9-25)20(26)22-12-16-3-2-10-30-16/h2-3,10-11,14-15H,4-9,12H2,1H3,(H,22,26). The Kier molecular flexibility index (Phi) is 5.91. The first-order chi connectivity index (χ1) is 15.4. The number of amides is 1. The Morgan fingerprint density at radius 2 is 2.06 bits per heavy atom. The van der Waals surface area contributed by atoms with Gasteiger partial charge in [-0.05, 0) is 50.1 Å². The highest BCUT2D eigenvalue weighted by atomic mass is 32.2. The largest absolute Gasteiger partial charge is 0.351 e. The smallest absolute Gasteiger partial charge is 0.244 e. The SMILES string of the molecule is Cc1sc(-c2noc(C3CC3)n2)cc1S(=O)(=O)N1CCC(C(=O)NCc2cccs2)CC1. The van der Waals surface area contributed by atoms with Crippen LogP contribution in [0, 0.1) is 12.8 Å². The number of nitrogens with zero attached hydrogens (tertiary/aromatic N) is 3. The van der Waals surface area contributed by atoms with E-state index in [0.717, 1.165) is 17.7 Å². The molecule has 3 aromatic rings. The van der Waals surface area contributed by atoms with Gasteiger partial charge in [0, 0.05) is 34.7 Å². The summed E-state index contributed by atoms with van der Waals surface area (Å²) in [6.45, 7) is 2.98. The van der Waals surface area contributed by atoms with Gasteiger partial charge in [-0.25, -0.2) is 8.42 Å². The van der Waals surface area contributed by atoms with Gasteiger partial charge in [0.1, 0.15) is 0 Å². The molecule has 2 fully saturated rings. The summed E-state index contributed by atoms with van der Waals surface area (Å²) in [4.78, 5) is 19.7. The number of thiophene rings is 2. The van der Waals surface area contributed by atoms with Gasteiger partial charge in [0.15, 0.2) is 0 Å². The van der Waals surface area contributed by atoms with E-state index < -0.39 is 10.0 Å². The predicted molar refractivity (Wildman–Crippen MR) is 122 cm³/mol. The third kappa shape index (κ3) is 4.39. The minimum atomic E-state index is -3.65. The van der Waals surface area contributed by atoms with Crippen molar-refractivity contribution in [3.63, 3.8) is 0 Å². The summed E-state index contributed by atoms with van der Waals surface area (Å²) in [6.07, 6.45) is 3.15. The van der Waals surface area contributed by atoms with Gasteiger partial charge in [0.25, 0.3) is 0 Å². The molecule has 0 atom stereocenters. The molecular formula is C21H24N4O4S3. The Labute approximate surface area is 194 Å². The van der Waals surface area contributed by atoms with Gasteiger partial charge in [-0.15, -0.1) is 22.7 Å². The highest BCUT2D eigenvalue weighted by Crippen LogP contribution is 2.41. The highest BCUT2D eigenvalue weighted by molar-refractivity contribution is 7.89. The van der Waals surface area contributed by atoms with Crippen molar-refractivity contribution < 1.29 is 17.7 Å². The van der Waals surface area contributed by atoms with E-state index in [1.165, 1.54) is 15.6 Å². The number of hydrogen-bond donors (Lipinski definition) is 1. The second kappa shape index (κ2) is 8.69. The molecule has 3 aromatic heterocycles. The fourth-order valence-corrected chi connectivity index (χ4v) is 7.49. The summed E-state index contributed by atoms with van der Waals surface area (Å²) in [5.41, 5.74) is 0. The lowest BCUT2D eigenvalue weighted by Crippen LogP contribution is -2.42. The second-order valence-electron chi connectivity index (χ2n) is 8.24. The molecule has 1 aliphatic carbocycles. The number of aromatic nitrogens is 2. The summed E-state index contributed by atoms with van der Waals surface area (Å²) < 4.78 is 33.4. The Hall–Kier alpha value is -2.08. The van der Waals surface area contributed by atoms with Gasteiger partial charge in [-0.2, -0.15) is 9.29 Å². The van der Waals surface area contributed by atoms with Crippen LogP contribution in [0.15, 0.2) is 33.0 Å². The molecule has 1 amide bonds. The number of carbonyl (C=O) groups is 1. The fourth-order valence-electron chi connectivity index (χ4n) is 3.89. The molecule has 8 nitrogen and oxygen atoms in total. The van der Waals surface area contributed by atoms with Gasteiger partial charge in [-0.3, -0.25) is 4.79 Å². The van der Waals surface area contributed by atoms with E-state index in [9.17, 15) is 13.2 Å². The lowest BCUT2D eigenvalue weighted by molar-refractivity contribution is -0.126. The molecule has 1 saturated heterocycles. The predicted octanol–water partition coefficient (Wildman–Crippen LogP) is 3.76. The van der Waals surface area contributed by atoms with Crippen LogP contribution < -0.4 is 5.32 Å². The number of piperidine rings is 1. The average molecular weight is 493 g/mol. The third-order valence-electron chi connectivity index (χ3n) is 5.92. The number of nitrogens with one attached hydrogen (secondary N) is 1. The summed E-state index contributed by atoms with van der Waals surface area (Å²) in [7, 11) is -3.65. The van der Waals surface area contributed by atoms with Crippen LogP contribution in [0.2, 0.25) is 0 Å². The molecule has 5 rings (SSSR count). The number of carbonyl (C=O) groups excluding carboxylic acids is 1. The molecule has 1 aliphatic heterocycles. The van der Waals surface area contributed by atoms with E-state index in [1.807, 2.05) is 17.5 Å². The van der Waals surface area contributed by atoms with Crippen molar-refractivity contribution in [3.05, 3.63) is 39.2 Å². The van der Waals surface area contributed by atoms with Crippen LogP contribution in [-0.4, -0.2) is 41.9 Å². The van der Waals surface area contributed by atoms with Gasteiger partial charge < -0.3 is 9.84 Å². The molecule has 0 unspecified atom stereocenters. The molecular weight excluding hydrogens is 468 g/mol. The van der Waals surface area contributed by atoms with Crippen molar-refractivity contribution in [1.29, 1.82) is 0 Å². The zero-order chi connectivity index (χ0) is 22.3. The number of rotatable bonds is 7. The summed E-state index contributed by atoms with van der Waals surface area (Å²) >= 11 is 2.96. The Bertz CT molecular complexity index is 1200. The normalized spacial score (nSPS) is 18.2. The highest BCUT2D eigenvalue weighted by Gasteiger charge is 2.34.